The van der Waals surface area contributed by atoms with E-state index in [1.165, 1.54) is 11.8 Å². The van der Waals surface area contributed by atoms with Gasteiger partial charge in [0.05, 0.1) is 21.1 Å². The first-order valence-electron chi connectivity index (χ1n) is 9.44. The van der Waals surface area contributed by atoms with Gasteiger partial charge in [-0.05, 0) is 35.8 Å². The van der Waals surface area contributed by atoms with E-state index in [-0.39, 0.29) is 21.6 Å². The number of amides is 1. The van der Waals surface area contributed by atoms with Gasteiger partial charge in [-0.25, -0.2) is 4.68 Å². The van der Waals surface area contributed by atoms with E-state index in [1.807, 2.05) is 27.7 Å². The van der Waals surface area contributed by atoms with Gasteiger partial charge < -0.3 is 0 Å². The number of hydrogen-bond acceptors (Lipinski definition) is 7. The van der Waals surface area contributed by atoms with Gasteiger partial charge in [0.15, 0.2) is 5.78 Å². The van der Waals surface area contributed by atoms with Crippen LogP contribution in [0.25, 0.3) is 0 Å². The van der Waals surface area contributed by atoms with Gasteiger partial charge in [-0.3, -0.25) is 14.5 Å². The van der Waals surface area contributed by atoms with Crippen LogP contribution in [0.2, 0.25) is 0 Å². The highest BCUT2D eigenvalue weighted by molar-refractivity contribution is 8.17. The number of Topliss-reactive ketones (excluding diaryl/α,β-unsaturated/α-hetero) is 1. The number of tetrazole rings is 1. The molecule has 0 bridgehead atoms. The van der Waals surface area contributed by atoms with Crippen LogP contribution in [0.1, 0.15) is 40.5 Å². The highest BCUT2D eigenvalue weighted by Gasteiger charge is 2.64. The Hall–Kier alpha value is -1.87. The molecule has 0 radical (unpaired) electrons. The zero-order valence-electron chi connectivity index (χ0n) is 17.5. The minimum Gasteiger partial charge on any atom is -0.295 e. The maximum Gasteiger partial charge on any atom is 0.237 e. The van der Waals surface area contributed by atoms with Crippen LogP contribution in [0.4, 0.5) is 0 Å². The second kappa shape index (κ2) is 7.75. The van der Waals surface area contributed by atoms with Gasteiger partial charge in [0.1, 0.15) is 0 Å². The summed E-state index contributed by atoms with van der Waals surface area (Å²) >= 11 is 3.18. The monoisotopic (exact) mass is 433 g/mol. The molecule has 3 heterocycles. The summed E-state index contributed by atoms with van der Waals surface area (Å²) in [5, 5.41) is 12.2. The minimum absolute atomic E-state index is 0.0227. The topological polar surface area (TPSA) is 81.0 Å². The second-order valence-electron chi connectivity index (χ2n) is 8.45. The van der Waals surface area contributed by atoms with E-state index in [9.17, 15) is 9.59 Å². The van der Waals surface area contributed by atoms with Crippen LogP contribution in [-0.2, 0) is 16.6 Å². The fourth-order valence-electron chi connectivity index (χ4n) is 3.72. The van der Waals surface area contributed by atoms with Gasteiger partial charge >= 0.3 is 0 Å². The minimum atomic E-state index is -0.616. The predicted octanol–water partition coefficient (Wildman–Crippen LogP) is 3.57. The van der Waals surface area contributed by atoms with Crippen molar-refractivity contribution >= 4 is 35.2 Å². The molecule has 2 aliphatic rings. The van der Waals surface area contributed by atoms with Gasteiger partial charge in [-0.1, -0.05) is 44.7 Å². The van der Waals surface area contributed by atoms with Gasteiger partial charge in [-0.15, -0.1) is 30.0 Å². The van der Waals surface area contributed by atoms with Crippen LogP contribution in [0, 0.1) is 10.8 Å². The van der Waals surface area contributed by atoms with Crippen LogP contribution in [0.3, 0.4) is 0 Å². The maximum absolute atomic E-state index is 13.4. The lowest BCUT2D eigenvalue weighted by Gasteiger charge is -2.59. The Morgan fingerprint density at radius 2 is 1.93 bits per heavy atom. The molecule has 1 fully saturated rings. The van der Waals surface area contributed by atoms with E-state index in [1.54, 1.807) is 40.5 Å². The zero-order chi connectivity index (χ0) is 21.6. The first-order chi connectivity index (χ1) is 13.6. The number of rotatable bonds is 7. The Morgan fingerprint density at radius 3 is 2.41 bits per heavy atom. The van der Waals surface area contributed by atoms with E-state index in [0.29, 0.717) is 23.7 Å². The van der Waals surface area contributed by atoms with Gasteiger partial charge in [-0.2, -0.15) is 0 Å². The third-order valence-electron chi connectivity index (χ3n) is 5.28. The molecule has 2 aliphatic heterocycles. The van der Waals surface area contributed by atoms with E-state index in [0.717, 1.165) is 5.57 Å². The highest BCUT2D eigenvalue weighted by atomic mass is 32.2. The van der Waals surface area contributed by atoms with Crippen molar-refractivity contribution in [3.05, 3.63) is 36.6 Å². The molecule has 0 aliphatic carbocycles. The van der Waals surface area contributed by atoms with Crippen LogP contribution >= 0.6 is 23.5 Å². The van der Waals surface area contributed by atoms with E-state index < -0.39 is 10.8 Å². The Morgan fingerprint density at radius 1 is 1.31 bits per heavy atom. The molecule has 0 spiro atoms. The lowest BCUT2D eigenvalue weighted by atomic mass is 9.71. The Kier molecular flexibility index (Phi) is 5.84. The van der Waals surface area contributed by atoms with Crippen molar-refractivity contribution in [3.63, 3.8) is 0 Å². The normalized spacial score (nSPS) is 23.5. The summed E-state index contributed by atoms with van der Waals surface area (Å²) in [5.74, 6) is -0.0494. The third kappa shape index (κ3) is 3.48. The van der Waals surface area contributed by atoms with E-state index in [2.05, 4.69) is 28.7 Å². The summed E-state index contributed by atoms with van der Waals surface area (Å²) in [4.78, 5) is 28.4. The van der Waals surface area contributed by atoms with Crippen molar-refractivity contribution in [2.45, 2.75) is 55.6 Å². The molecule has 1 unspecified atom stereocenters. The van der Waals surface area contributed by atoms with Crippen molar-refractivity contribution < 1.29 is 9.59 Å². The smallest absolute Gasteiger partial charge is 0.237 e. The molecule has 7 nitrogen and oxygen atoms in total. The molecule has 156 valence electrons. The first kappa shape index (κ1) is 21.8. The van der Waals surface area contributed by atoms with Crippen LogP contribution in [0.15, 0.2) is 41.7 Å². The number of fused-ring (bicyclic) bond motifs is 1. The van der Waals surface area contributed by atoms with Gasteiger partial charge in [0.25, 0.3) is 0 Å². The summed E-state index contributed by atoms with van der Waals surface area (Å²) in [6.07, 6.45) is 4.66. The zero-order valence-corrected chi connectivity index (χ0v) is 19.1. The fraction of sp³-hybridized carbons (Fsp3) is 0.550. The third-order valence-corrected chi connectivity index (χ3v) is 8.55. The molecule has 1 aromatic heterocycles. The quantitative estimate of drug-likeness (QED) is 0.480. The van der Waals surface area contributed by atoms with Crippen molar-refractivity contribution in [3.8, 4) is 0 Å². The summed E-state index contributed by atoms with van der Waals surface area (Å²) in [5.41, 5.74) is 0.177. The SMILES string of the molecule is C=CCC1(CC=C)C(=O)N2C(C(=O)C(C)(C)C)=C(C)C(Sc3nnnn3C)S[C@@H]21. The van der Waals surface area contributed by atoms with Crippen molar-refractivity contribution in [1.82, 2.24) is 25.1 Å². The molecule has 9 heteroatoms. The largest absolute Gasteiger partial charge is 0.295 e. The summed E-state index contributed by atoms with van der Waals surface area (Å²) in [7, 11) is 1.79. The number of nitrogens with zero attached hydrogens (tertiary/aromatic N) is 5. The summed E-state index contributed by atoms with van der Waals surface area (Å²) < 4.78 is 1.53. The summed E-state index contributed by atoms with van der Waals surface area (Å²) in [6, 6.07) is 0. The molecular formula is C20H27N5O2S2. The van der Waals surface area contributed by atoms with Crippen LogP contribution in [-0.4, -0.2) is 46.8 Å². The first-order valence-corrected chi connectivity index (χ1v) is 11.3. The van der Waals surface area contributed by atoms with Crippen molar-refractivity contribution in [2.75, 3.05) is 0 Å². The van der Waals surface area contributed by atoms with Crippen molar-refractivity contribution in [1.29, 1.82) is 0 Å². The number of ketones is 1. The maximum atomic E-state index is 13.4. The predicted molar refractivity (Wildman–Crippen MR) is 116 cm³/mol. The molecule has 0 aromatic carbocycles. The number of aryl methyl sites for hydroxylation is 1. The van der Waals surface area contributed by atoms with E-state index >= 15 is 0 Å². The lowest BCUT2D eigenvalue weighted by molar-refractivity contribution is -0.161. The number of allylic oxidation sites excluding steroid dienone is 3. The molecule has 3 rings (SSSR count). The van der Waals surface area contributed by atoms with Gasteiger partial charge in [0.2, 0.25) is 11.1 Å². The second-order valence-corrected chi connectivity index (χ2v) is 11.0. The molecule has 1 saturated heterocycles. The number of carbonyl (C=O) groups excluding carboxylic acids is 2. The number of β-lactam (4-membered cyclic amide) rings is 1. The number of hydrogen-bond donors (Lipinski definition) is 0. The lowest BCUT2D eigenvalue weighted by Crippen LogP contribution is -2.69. The molecule has 2 atom stereocenters. The van der Waals surface area contributed by atoms with E-state index in [4.69, 9.17) is 0 Å². The van der Waals surface area contributed by atoms with Gasteiger partial charge in [0, 0.05) is 12.5 Å². The average molecular weight is 434 g/mol. The van der Waals surface area contributed by atoms with Crippen molar-refractivity contribution in [2.24, 2.45) is 17.9 Å². The molecule has 0 N–H and O–H groups in total. The molecular weight excluding hydrogens is 406 g/mol. The highest BCUT2D eigenvalue weighted by Crippen LogP contribution is 2.59. The molecule has 1 aromatic rings. The molecule has 29 heavy (non-hydrogen) atoms. The number of aromatic nitrogens is 4. The number of thioether (sulfide) groups is 2. The Balaban J connectivity index is 2.08. The van der Waals surface area contributed by atoms with Crippen LogP contribution < -0.4 is 0 Å². The standard InChI is InChI=1S/C20H27N5O2S2/c1-8-10-20(11-9-2)16(27)25-13(14(26)19(4,5)6)12(3)15(28-17(20)25)29-18-21-22-23-24(18)7/h8-9,15,17H,1-2,10-11H2,3-7H3/t15?,17-/m1/s1. The average Bonchev–Trinajstić information content (AvgIpc) is 3.05. The molecule has 0 saturated carbocycles. The Bertz CT molecular complexity index is 889. The summed E-state index contributed by atoms with van der Waals surface area (Å²) in [6.45, 7) is 15.3. The van der Waals surface area contributed by atoms with Crippen LogP contribution in [0.5, 0.6) is 0 Å². The molecule has 1 amide bonds. The Labute approximate surface area is 180 Å². The fourth-order valence-corrected chi connectivity index (χ4v) is 6.69. The number of carbonyl (C=O) groups is 2.